The summed E-state index contributed by atoms with van der Waals surface area (Å²) >= 11 is 0. The number of carboxylic acid groups (broad SMARTS) is 1. The van der Waals surface area contributed by atoms with Gasteiger partial charge in [0.2, 0.25) is 5.91 Å². The molecule has 23 heavy (non-hydrogen) atoms. The molecule has 0 bridgehead atoms. The molecule has 1 aromatic heterocycles. The number of nitrogens with one attached hydrogen (secondary N) is 2. The van der Waals surface area contributed by atoms with Crippen molar-refractivity contribution in [2.45, 2.75) is 40.0 Å². The summed E-state index contributed by atoms with van der Waals surface area (Å²) in [6, 6.07) is 3.01. The van der Waals surface area contributed by atoms with Gasteiger partial charge in [0.1, 0.15) is 0 Å². The molecule has 2 amide bonds. The van der Waals surface area contributed by atoms with Gasteiger partial charge in [0.25, 0.3) is 0 Å². The standard InChI is InChI=1S/C16H24N2O5/c1-10(2)6-7-12(16(21)22)11(3)9-14(19)17-18-15(20)13-5-4-8-23-13/h4-5,8,10-12H,6-7,9H2,1-3H3,(H,17,19)(H,18,20)(H,21,22)/p-1/t11-,12-/m1/s1. The van der Waals surface area contributed by atoms with Crippen LogP contribution in [0.2, 0.25) is 0 Å². The zero-order valence-electron chi connectivity index (χ0n) is 13.6. The molecule has 0 aromatic carbocycles. The van der Waals surface area contributed by atoms with E-state index in [2.05, 4.69) is 10.9 Å². The predicted octanol–water partition coefficient (Wildman–Crippen LogP) is 0.869. The maximum atomic E-state index is 11.8. The van der Waals surface area contributed by atoms with Crippen molar-refractivity contribution in [2.75, 3.05) is 0 Å². The Labute approximate surface area is 135 Å². The highest BCUT2D eigenvalue weighted by atomic mass is 16.4. The minimum atomic E-state index is -1.15. The first-order chi connectivity index (χ1) is 10.8. The molecule has 0 aliphatic carbocycles. The van der Waals surface area contributed by atoms with E-state index in [0.29, 0.717) is 12.3 Å². The second-order valence-electron chi connectivity index (χ2n) is 6.06. The predicted molar refractivity (Wildman–Crippen MR) is 80.7 cm³/mol. The number of hydrogen-bond acceptors (Lipinski definition) is 5. The van der Waals surface area contributed by atoms with Gasteiger partial charge in [-0.3, -0.25) is 20.4 Å². The number of amides is 2. The quantitative estimate of drug-likeness (QED) is 0.689. The smallest absolute Gasteiger partial charge is 0.305 e. The van der Waals surface area contributed by atoms with E-state index in [1.165, 1.54) is 12.3 Å². The van der Waals surface area contributed by atoms with E-state index in [1.54, 1.807) is 13.0 Å². The third-order valence-corrected chi connectivity index (χ3v) is 3.61. The maximum absolute atomic E-state index is 11.8. The Hall–Kier alpha value is -2.31. The molecular formula is C16H23N2O5-. The van der Waals surface area contributed by atoms with E-state index < -0.39 is 23.7 Å². The summed E-state index contributed by atoms with van der Waals surface area (Å²) in [4.78, 5) is 34.6. The van der Waals surface area contributed by atoms with Gasteiger partial charge in [-0.05, 0) is 30.4 Å². The third kappa shape index (κ3) is 6.54. The molecular weight excluding hydrogens is 300 g/mol. The van der Waals surface area contributed by atoms with Gasteiger partial charge in [0.05, 0.1) is 6.26 Å². The summed E-state index contributed by atoms with van der Waals surface area (Å²) in [5.41, 5.74) is 4.46. The highest BCUT2D eigenvalue weighted by Crippen LogP contribution is 2.22. The highest BCUT2D eigenvalue weighted by molar-refractivity contribution is 5.92. The molecule has 0 saturated carbocycles. The van der Waals surface area contributed by atoms with Crippen molar-refractivity contribution in [3.8, 4) is 0 Å². The van der Waals surface area contributed by atoms with Crippen LogP contribution in [-0.4, -0.2) is 17.8 Å². The fourth-order valence-corrected chi connectivity index (χ4v) is 2.23. The molecule has 2 N–H and O–H groups in total. The summed E-state index contributed by atoms with van der Waals surface area (Å²) < 4.78 is 4.88. The number of carbonyl (C=O) groups excluding carboxylic acids is 3. The van der Waals surface area contributed by atoms with Crippen LogP contribution in [0.15, 0.2) is 22.8 Å². The molecule has 1 rings (SSSR count). The molecule has 0 aliphatic rings. The molecule has 1 aromatic rings. The van der Waals surface area contributed by atoms with Crippen LogP contribution < -0.4 is 16.0 Å². The lowest BCUT2D eigenvalue weighted by Gasteiger charge is -2.25. The fourth-order valence-electron chi connectivity index (χ4n) is 2.23. The average Bonchev–Trinajstić information content (AvgIpc) is 2.98. The molecule has 0 saturated heterocycles. The van der Waals surface area contributed by atoms with Gasteiger partial charge in [-0.25, -0.2) is 0 Å². The van der Waals surface area contributed by atoms with Crippen molar-refractivity contribution in [3.05, 3.63) is 24.2 Å². The Bertz CT molecular complexity index is 525. The Balaban J connectivity index is 2.44. The number of hydrazine groups is 1. The molecule has 0 spiro atoms. The first kappa shape index (κ1) is 18.7. The summed E-state index contributed by atoms with van der Waals surface area (Å²) in [7, 11) is 0. The molecule has 0 fully saturated rings. The first-order valence-electron chi connectivity index (χ1n) is 7.64. The van der Waals surface area contributed by atoms with Gasteiger partial charge >= 0.3 is 5.91 Å². The summed E-state index contributed by atoms with van der Waals surface area (Å²) in [6.45, 7) is 5.70. The lowest BCUT2D eigenvalue weighted by Crippen LogP contribution is -2.43. The van der Waals surface area contributed by atoms with E-state index in [-0.39, 0.29) is 18.1 Å². The number of carboxylic acids is 1. The Morgan fingerprint density at radius 1 is 1.17 bits per heavy atom. The van der Waals surface area contributed by atoms with E-state index in [4.69, 9.17) is 4.42 Å². The maximum Gasteiger partial charge on any atom is 0.305 e. The molecule has 7 heteroatoms. The van der Waals surface area contributed by atoms with Crippen LogP contribution in [0.5, 0.6) is 0 Å². The zero-order valence-corrected chi connectivity index (χ0v) is 13.6. The van der Waals surface area contributed by atoms with Crippen LogP contribution in [0.3, 0.4) is 0 Å². The fraction of sp³-hybridized carbons (Fsp3) is 0.562. The Morgan fingerprint density at radius 3 is 2.39 bits per heavy atom. The van der Waals surface area contributed by atoms with E-state index in [9.17, 15) is 19.5 Å². The second-order valence-corrected chi connectivity index (χ2v) is 6.06. The van der Waals surface area contributed by atoms with E-state index in [1.807, 2.05) is 13.8 Å². The van der Waals surface area contributed by atoms with E-state index in [0.717, 1.165) is 6.42 Å². The van der Waals surface area contributed by atoms with E-state index >= 15 is 0 Å². The summed E-state index contributed by atoms with van der Waals surface area (Å²) in [5, 5.41) is 11.2. The number of furan rings is 1. The SMILES string of the molecule is CC(C)CC[C@@H](C(=O)[O-])[C@H](C)CC(=O)NNC(=O)c1ccco1. The monoisotopic (exact) mass is 323 g/mol. The summed E-state index contributed by atoms with van der Waals surface area (Å²) in [5.74, 6) is -2.82. The van der Waals surface area contributed by atoms with Crippen molar-refractivity contribution in [3.63, 3.8) is 0 Å². The van der Waals surface area contributed by atoms with Crippen LogP contribution in [0.1, 0.15) is 50.6 Å². The Morgan fingerprint density at radius 2 is 1.87 bits per heavy atom. The average molecular weight is 323 g/mol. The van der Waals surface area contributed by atoms with Crippen LogP contribution in [0.25, 0.3) is 0 Å². The van der Waals surface area contributed by atoms with Crippen LogP contribution in [0, 0.1) is 17.8 Å². The molecule has 0 aliphatic heterocycles. The Kier molecular flexibility index (Phi) is 7.31. The molecule has 1 heterocycles. The van der Waals surface area contributed by atoms with Crippen molar-refractivity contribution >= 4 is 17.8 Å². The minimum Gasteiger partial charge on any atom is -0.550 e. The van der Waals surface area contributed by atoms with Crippen molar-refractivity contribution < 1.29 is 23.9 Å². The van der Waals surface area contributed by atoms with Gasteiger partial charge in [-0.1, -0.05) is 27.2 Å². The van der Waals surface area contributed by atoms with Crippen LogP contribution in [0.4, 0.5) is 0 Å². The van der Waals surface area contributed by atoms with Crippen LogP contribution >= 0.6 is 0 Å². The minimum absolute atomic E-state index is 0.0187. The lowest BCUT2D eigenvalue weighted by atomic mass is 9.85. The van der Waals surface area contributed by atoms with Gasteiger partial charge in [-0.2, -0.15) is 0 Å². The number of hydrogen-bond donors (Lipinski definition) is 2. The van der Waals surface area contributed by atoms with Crippen molar-refractivity contribution in [1.82, 2.24) is 10.9 Å². The molecule has 7 nitrogen and oxygen atoms in total. The molecule has 128 valence electrons. The molecule has 0 radical (unpaired) electrons. The normalized spacial score (nSPS) is 13.4. The second kappa shape index (κ2) is 8.97. The van der Waals surface area contributed by atoms with Gasteiger partial charge in [0.15, 0.2) is 5.76 Å². The summed E-state index contributed by atoms with van der Waals surface area (Å²) in [6.07, 6.45) is 2.54. The highest BCUT2D eigenvalue weighted by Gasteiger charge is 2.22. The molecule has 2 atom stereocenters. The zero-order chi connectivity index (χ0) is 17.4. The van der Waals surface area contributed by atoms with Gasteiger partial charge in [-0.15, -0.1) is 0 Å². The number of carbonyl (C=O) groups is 3. The number of aliphatic carboxylic acids is 1. The number of rotatable bonds is 8. The topological polar surface area (TPSA) is 111 Å². The van der Waals surface area contributed by atoms with Crippen molar-refractivity contribution in [1.29, 1.82) is 0 Å². The van der Waals surface area contributed by atoms with Crippen LogP contribution in [-0.2, 0) is 9.59 Å². The largest absolute Gasteiger partial charge is 0.550 e. The third-order valence-electron chi connectivity index (χ3n) is 3.61. The van der Waals surface area contributed by atoms with Gasteiger partial charge < -0.3 is 14.3 Å². The van der Waals surface area contributed by atoms with Crippen molar-refractivity contribution in [2.24, 2.45) is 17.8 Å². The van der Waals surface area contributed by atoms with Gasteiger partial charge in [0, 0.05) is 18.3 Å². The first-order valence-corrected chi connectivity index (χ1v) is 7.64. The lowest BCUT2D eigenvalue weighted by molar-refractivity contribution is -0.313. The molecule has 0 unspecified atom stereocenters.